The van der Waals surface area contributed by atoms with Crippen LogP contribution in [0.15, 0.2) is 53.9 Å². The van der Waals surface area contributed by atoms with Gasteiger partial charge in [-0.2, -0.15) is 0 Å². The fourth-order valence-corrected chi connectivity index (χ4v) is 1.71. The molecule has 0 unspecified atom stereocenters. The SMILES string of the molecule is C[C@@H](Oc1cccc(Cl)c1)C(=O)O/N=C(/N)c1cccnc1. The van der Waals surface area contributed by atoms with Crippen molar-refractivity contribution >= 4 is 23.4 Å². The summed E-state index contributed by atoms with van der Waals surface area (Å²) >= 11 is 5.84. The standard InChI is InChI=1S/C15H14ClN3O3/c1-10(21-13-6-2-5-12(16)8-13)15(20)22-19-14(17)11-4-3-7-18-9-11/h2-10H,1H3,(H2,17,19)/t10-/m1/s1. The number of carbonyl (C=O) groups is 1. The van der Waals surface area contributed by atoms with Crippen LogP contribution in [0.1, 0.15) is 12.5 Å². The van der Waals surface area contributed by atoms with E-state index in [0.717, 1.165) is 0 Å². The minimum absolute atomic E-state index is 0.0522. The van der Waals surface area contributed by atoms with Crippen LogP contribution in [0.25, 0.3) is 0 Å². The predicted octanol–water partition coefficient (Wildman–Crippen LogP) is 2.37. The van der Waals surface area contributed by atoms with Crippen LogP contribution in [-0.4, -0.2) is 22.9 Å². The molecule has 22 heavy (non-hydrogen) atoms. The van der Waals surface area contributed by atoms with Gasteiger partial charge in [0.2, 0.25) is 0 Å². The van der Waals surface area contributed by atoms with Gasteiger partial charge in [-0.3, -0.25) is 4.98 Å². The first-order chi connectivity index (χ1) is 10.6. The largest absolute Gasteiger partial charge is 0.479 e. The third kappa shape index (κ3) is 4.46. The highest BCUT2D eigenvalue weighted by molar-refractivity contribution is 6.30. The molecule has 2 N–H and O–H groups in total. The summed E-state index contributed by atoms with van der Waals surface area (Å²) in [6.07, 6.45) is 2.26. The molecule has 0 aliphatic rings. The van der Waals surface area contributed by atoms with E-state index in [9.17, 15) is 4.79 Å². The van der Waals surface area contributed by atoms with Crippen LogP contribution >= 0.6 is 11.6 Å². The van der Waals surface area contributed by atoms with Crippen LogP contribution in [0, 0.1) is 0 Å². The van der Waals surface area contributed by atoms with Crippen LogP contribution < -0.4 is 10.5 Å². The monoisotopic (exact) mass is 319 g/mol. The Labute approximate surface area is 132 Å². The molecule has 0 spiro atoms. The molecule has 0 amide bonds. The molecule has 1 heterocycles. The molecule has 0 aliphatic heterocycles. The maximum atomic E-state index is 11.8. The summed E-state index contributed by atoms with van der Waals surface area (Å²) in [6.45, 7) is 1.54. The lowest BCUT2D eigenvalue weighted by atomic mass is 10.3. The van der Waals surface area contributed by atoms with Crippen molar-refractivity contribution in [2.45, 2.75) is 13.0 Å². The minimum Gasteiger partial charge on any atom is -0.479 e. The molecular weight excluding hydrogens is 306 g/mol. The molecule has 1 aromatic carbocycles. The minimum atomic E-state index is -0.857. The number of oxime groups is 1. The number of rotatable bonds is 5. The van der Waals surface area contributed by atoms with Crippen molar-refractivity contribution in [3.8, 4) is 5.75 Å². The van der Waals surface area contributed by atoms with Crippen molar-refractivity contribution in [1.82, 2.24) is 4.98 Å². The molecule has 2 rings (SSSR count). The van der Waals surface area contributed by atoms with E-state index < -0.39 is 12.1 Å². The molecule has 1 aromatic heterocycles. The lowest BCUT2D eigenvalue weighted by molar-refractivity contribution is -0.151. The normalized spacial score (nSPS) is 12.5. The lowest BCUT2D eigenvalue weighted by Gasteiger charge is -2.11. The van der Waals surface area contributed by atoms with Gasteiger partial charge in [-0.25, -0.2) is 4.79 Å². The zero-order chi connectivity index (χ0) is 15.9. The molecular formula is C15H14ClN3O3. The van der Waals surface area contributed by atoms with Crippen molar-refractivity contribution in [2.75, 3.05) is 0 Å². The summed E-state index contributed by atoms with van der Waals surface area (Å²) in [5, 5.41) is 4.08. The molecule has 2 aromatic rings. The fraction of sp³-hybridized carbons (Fsp3) is 0.133. The quantitative estimate of drug-likeness (QED) is 0.395. The third-order valence-electron chi connectivity index (χ3n) is 2.63. The first-order valence-electron chi connectivity index (χ1n) is 6.43. The van der Waals surface area contributed by atoms with Gasteiger partial charge in [0.15, 0.2) is 11.9 Å². The maximum Gasteiger partial charge on any atom is 0.374 e. The summed E-state index contributed by atoms with van der Waals surface area (Å²) in [5.74, 6) is -0.163. The van der Waals surface area contributed by atoms with Crippen molar-refractivity contribution in [3.63, 3.8) is 0 Å². The number of pyridine rings is 1. The van der Waals surface area contributed by atoms with Crippen LogP contribution in [0.4, 0.5) is 0 Å². The van der Waals surface area contributed by atoms with E-state index in [1.807, 2.05) is 0 Å². The zero-order valence-electron chi connectivity index (χ0n) is 11.8. The number of hydrogen-bond acceptors (Lipinski definition) is 5. The van der Waals surface area contributed by atoms with Gasteiger partial charge in [0.1, 0.15) is 5.75 Å². The Balaban J connectivity index is 1.94. The van der Waals surface area contributed by atoms with Gasteiger partial charge in [0.05, 0.1) is 0 Å². The number of benzene rings is 1. The Morgan fingerprint density at radius 2 is 2.18 bits per heavy atom. The van der Waals surface area contributed by atoms with E-state index in [2.05, 4.69) is 10.1 Å². The molecule has 0 saturated carbocycles. The van der Waals surface area contributed by atoms with Crippen molar-refractivity contribution in [3.05, 3.63) is 59.4 Å². The molecule has 1 atom stereocenters. The summed E-state index contributed by atoms with van der Waals surface area (Å²) in [4.78, 5) is 20.5. The number of halogens is 1. The highest BCUT2D eigenvalue weighted by Crippen LogP contribution is 2.18. The lowest BCUT2D eigenvalue weighted by Crippen LogP contribution is -2.26. The van der Waals surface area contributed by atoms with Crippen LogP contribution in [0.2, 0.25) is 5.02 Å². The number of hydrogen-bond donors (Lipinski definition) is 1. The van der Waals surface area contributed by atoms with Crippen LogP contribution in [-0.2, 0) is 9.63 Å². The molecule has 0 radical (unpaired) electrons. The zero-order valence-corrected chi connectivity index (χ0v) is 12.5. The highest BCUT2D eigenvalue weighted by atomic mass is 35.5. The van der Waals surface area contributed by atoms with Gasteiger partial charge in [0, 0.05) is 23.0 Å². The first-order valence-corrected chi connectivity index (χ1v) is 6.81. The molecule has 0 saturated heterocycles. The van der Waals surface area contributed by atoms with E-state index in [1.165, 1.54) is 6.20 Å². The van der Waals surface area contributed by atoms with Gasteiger partial charge < -0.3 is 15.3 Å². The number of nitrogens with zero attached hydrogens (tertiary/aromatic N) is 2. The smallest absolute Gasteiger partial charge is 0.374 e. The number of nitrogens with two attached hydrogens (primary N) is 1. The number of carbonyl (C=O) groups excluding carboxylic acids is 1. The molecule has 0 fully saturated rings. The Hall–Kier alpha value is -2.60. The van der Waals surface area contributed by atoms with Crippen molar-refractivity contribution in [1.29, 1.82) is 0 Å². The van der Waals surface area contributed by atoms with Gasteiger partial charge in [-0.05, 0) is 37.3 Å². The number of aromatic nitrogens is 1. The average molecular weight is 320 g/mol. The molecule has 7 heteroatoms. The summed E-state index contributed by atoms with van der Waals surface area (Å²) in [6, 6.07) is 10.1. The Kier molecular flexibility index (Phi) is 5.32. The second-order valence-corrected chi connectivity index (χ2v) is 4.78. The van der Waals surface area contributed by atoms with E-state index in [1.54, 1.807) is 49.5 Å². The van der Waals surface area contributed by atoms with E-state index in [-0.39, 0.29) is 5.84 Å². The van der Waals surface area contributed by atoms with Gasteiger partial charge in [-0.15, -0.1) is 0 Å². The second kappa shape index (κ2) is 7.42. The van der Waals surface area contributed by atoms with Gasteiger partial charge in [0.25, 0.3) is 0 Å². The Morgan fingerprint density at radius 3 is 2.86 bits per heavy atom. The van der Waals surface area contributed by atoms with E-state index in [0.29, 0.717) is 16.3 Å². The Bertz CT molecular complexity index is 677. The fourth-order valence-electron chi connectivity index (χ4n) is 1.53. The third-order valence-corrected chi connectivity index (χ3v) is 2.87. The summed E-state index contributed by atoms with van der Waals surface area (Å²) < 4.78 is 5.41. The van der Waals surface area contributed by atoms with Gasteiger partial charge >= 0.3 is 5.97 Å². The molecule has 114 valence electrons. The van der Waals surface area contributed by atoms with Crippen molar-refractivity contribution in [2.24, 2.45) is 10.9 Å². The summed E-state index contributed by atoms with van der Waals surface area (Å²) in [7, 11) is 0. The first kappa shape index (κ1) is 15.8. The maximum absolute atomic E-state index is 11.8. The predicted molar refractivity (Wildman–Crippen MR) is 82.6 cm³/mol. The highest BCUT2D eigenvalue weighted by Gasteiger charge is 2.17. The second-order valence-electron chi connectivity index (χ2n) is 4.35. The molecule has 0 aliphatic carbocycles. The van der Waals surface area contributed by atoms with Crippen LogP contribution in [0.5, 0.6) is 5.75 Å². The van der Waals surface area contributed by atoms with E-state index >= 15 is 0 Å². The molecule has 6 nitrogen and oxygen atoms in total. The summed E-state index contributed by atoms with van der Waals surface area (Å²) in [5.41, 5.74) is 6.24. The van der Waals surface area contributed by atoms with Gasteiger partial charge in [-0.1, -0.05) is 22.8 Å². The van der Waals surface area contributed by atoms with Crippen LogP contribution in [0.3, 0.4) is 0 Å². The molecule has 0 bridgehead atoms. The Morgan fingerprint density at radius 1 is 1.36 bits per heavy atom. The van der Waals surface area contributed by atoms with E-state index in [4.69, 9.17) is 26.9 Å². The number of ether oxygens (including phenoxy) is 1. The average Bonchev–Trinajstić information content (AvgIpc) is 2.53. The number of amidine groups is 1. The topological polar surface area (TPSA) is 86.8 Å². The van der Waals surface area contributed by atoms with Crippen molar-refractivity contribution < 1.29 is 14.4 Å².